The van der Waals surface area contributed by atoms with E-state index in [1.54, 1.807) is 13.8 Å². The number of hydrogen-bond donors (Lipinski definition) is 4. The Labute approximate surface area is 251 Å². The number of carbonyl (C=O) groups is 4. The molecule has 1 aliphatic rings. The van der Waals surface area contributed by atoms with Crippen LogP contribution in [-0.4, -0.2) is 57.0 Å². The summed E-state index contributed by atoms with van der Waals surface area (Å²) in [5.41, 5.74) is -0.751. The highest BCUT2D eigenvalue weighted by Crippen LogP contribution is 2.28. The van der Waals surface area contributed by atoms with Crippen LogP contribution in [0.4, 0.5) is 13.2 Å². The van der Waals surface area contributed by atoms with E-state index >= 15 is 0 Å². The predicted molar refractivity (Wildman–Crippen MR) is 150 cm³/mol. The smallest absolute Gasteiger partial charge is 0.435 e. The fraction of sp³-hybridized carbons (Fsp3) is 0.448. The van der Waals surface area contributed by atoms with Crippen molar-refractivity contribution in [3.63, 3.8) is 0 Å². The largest absolute Gasteiger partial charge is 0.446 e. The zero-order valence-electron chi connectivity index (χ0n) is 24.4. The molecular formula is C29H34F3N7O5. The summed E-state index contributed by atoms with van der Waals surface area (Å²) in [6, 6.07) is 6.79. The minimum Gasteiger partial charge on any atom is -0.446 e. The van der Waals surface area contributed by atoms with Crippen LogP contribution in [-0.2, 0) is 29.2 Å². The molecule has 2 bridgehead atoms. The van der Waals surface area contributed by atoms with Crippen molar-refractivity contribution in [2.75, 3.05) is 6.54 Å². The molecule has 4 N–H and O–H groups in total. The van der Waals surface area contributed by atoms with Gasteiger partial charge in [-0.2, -0.15) is 18.3 Å². The third kappa shape index (κ3) is 8.02. The van der Waals surface area contributed by atoms with Crippen molar-refractivity contribution < 1.29 is 36.8 Å². The molecule has 1 aromatic carbocycles. The van der Waals surface area contributed by atoms with Crippen molar-refractivity contribution in [3.05, 3.63) is 71.2 Å². The molecule has 0 fully saturated rings. The Kier molecular flexibility index (Phi) is 10.1. The van der Waals surface area contributed by atoms with E-state index in [9.17, 15) is 32.3 Å². The molecule has 12 nitrogen and oxygen atoms in total. The first-order valence-corrected chi connectivity index (χ1v) is 14.1. The maximum absolute atomic E-state index is 13.6. The second kappa shape index (κ2) is 13.7. The third-order valence-corrected chi connectivity index (χ3v) is 7.13. The molecule has 1 aliphatic heterocycles. The average molecular weight is 618 g/mol. The van der Waals surface area contributed by atoms with Gasteiger partial charge in [-0.1, -0.05) is 44.2 Å². The molecule has 0 unspecified atom stereocenters. The number of halogens is 3. The highest BCUT2D eigenvalue weighted by Gasteiger charge is 2.36. The number of oxazole rings is 1. The monoisotopic (exact) mass is 617 g/mol. The fourth-order valence-corrected chi connectivity index (χ4v) is 4.74. The van der Waals surface area contributed by atoms with E-state index < -0.39 is 65.2 Å². The van der Waals surface area contributed by atoms with Crippen LogP contribution in [0.2, 0.25) is 0 Å². The van der Waals surface area contributed by atoms with E-state index in [1.165, 1.54) is 13.3 Å². The molecule has 0 aliphatic carbocycles. The third-order valence-electron chi connectivity index (χ3n) is 7.13. The summed E-state index contributed by atoms with van der Waals surface area (Å²) in [5.74, 6) is -2.98. The van der Waals surface area contributed by atoms with Crippen molar-refractivity contribution in [2.24, 2.45) is 13.0 Å². The Bertz CT molecular complexity index is 1490. The molecule has 0 spiro atoms. The van der Waals surface area contributed by atoms with Gasteiger partial charge in [0.25, 0.3) is 11.8 Å². The van der Waals surface area contributed by atoms with Gasteiger partial charge < -0.3 is 25.7 Å². The number of fused-ring (bicyclic) bond motifs is 2. The van der Waals surface area contributed by atoms with Gasteiger partial charge in [-0.25, -0.2) is 4.98 Å². The molecule has 4 amide bonds. The topological polar surface area (TPSA) is 160 Å². The maximum atomic E-state index is 13.6. The number of amides is 4. The Balaban J connectivity index is 1.60. The predicted octanol–water partition coefficient (Wildman–Crippen LogP) is 2.68. The average Bonchev–Trinajstić information content (AvgIpc) is 3.62. The van der Waals surface area contributed by atoms with Crippen molar-refractivity contribution in [1.29, 1.82) is 0 Å². The first-order valence-electron chi connectivity index (χ1n) is 14.1. The molecule has 3 atom stereocenters. The quantitative estimate of drug-likeness (QED) is 0.343. The van der Waals surface area contributed by atoms with Crippen molar-refractivity contribution in [3.8, 4) is 0 Å². The number of nitrogens with one attached hydrogen (secondary N) is 4. The first kappa shape index (κ1) is 32.2. The van der Waals surface area contributed by atoms with Crippen LogP contribution in [0.3, 0.4) is 0 Å². The number of hydrogen-bond acceptors (Lipinski definition) is 7. The van der Waals surface area contributed by atoms with Crippen LogP contribution < -0.4 is 21.3 Å². The standard InChI is InChI=1S/C29H34F3N7O5/c1-16(2)23-27(43)35-19(13-17-9-5-4-6-10-17)28-36-20(15-44-28)24(40)33-12-8-7-11-18(25(41)37-23)34-26(42)21-14-22(29(30,31)32)38-39(21)3/h4-6,9-10,14-16,18-19,23H,7-8,11-13H2,1-3H3,(H,33,40)(H,34,42)(H,35,43)(H,37,41)/t18-,19+,23-/m0/s1. The SMILES string of the molecule is CC(C)[C@@H]1NC(=O)[C@@H](NC(=O)c2cc(C(F)(F)F)nn2C)CCCCNC(=O)c2coc(n2)[C@@H](Cc2ccccc2)NC1=O. The maximum Gasteiger partial charge on any atom is 0.435 e. The number of alkyl halides is 3. The minimum atomic E-state index is -4.76. The Morgan fingerprint density at radius 3 is 2.50 bits per heavy atom. The molecule has 0 radical (unpaired) electrons. The fourth-order valence-electron chi connectivity index (χ4n) is 4.74. The van der Waals surface area contributed by atoms with Crippen LogP contribution in [0.15, 0.2) is 47.1 Å². The summed E-state index contributed by atoms with van der Waals surface area (Å²) in [4.78, 5) is 57.1. The van der Waals surface area contributed by atoms with Gasteiger partial charge in [0.1, 0.15) is 30.1 Å². The lowest BCUT2D eigenvalue weighted by Crippen LogP contribution is -2.56. The van der Waals surface area contributed by atoms with Crippen LogP contribution in [0.5, 0.6) is 0 Å². The molecule has 3 aromatic rings. The molecule has 0 saturated carbocycles. The van der Waals surface area contributed by atoms with Gasteiger partial charge in [-0.05, 0) is 30.7 Å². The second-order valence-electron chi connectivity index (χ2n) is 10.9. The zero-order valence-corrected chi connectivity index (χ0v) is 24.4. The number of aromatic nitrogens is 3. The molecule has 3 heterocycles. The van der Waals surface area contributed by atoms with Crippen LogP contribution in [0, 0.1) is 5.92 Å². The number of aryl methyl sites for hydroxylation is 1. The molecular weight excluding hydrogens is 583 g/mol. The van der Waals surface area contributed by atoms with Crippen molar-refractivity contribution >= 4 is 23.6 Å². The highest BCUT2D eigenvalue weighted by atomic mass is 19.4. The molecule has 236 valence electrons. The van der Waals surface area contributed by atoms with Gasteiger partial charge in [0.05, 0.1) is 0 Å². The molecule has 4 rings (SSSR count). The van der Waals surface area contributed by atoms with Gasteiger partial charge >= 0.3 is 6.18 Å². The Morgan fingerprint density at radius 2 is 1.84 bits per heavy atom. The Hall–Kier alpha value is -4.69. The van der Waals surface area contributed by atoms with E-state index in [1.807, 2.05) is 30.3 Å². The lowest BCUT2D eigenvalue weighted by Gasteiger charge is -2.27. The minimum absolute atomic E-state index is 0.0349. The lowest BCUT2D eigenvalue weighted by molar-refractivity contribution is -0.141. The molecule has 44 heavy (non-hydrogen) atoms. The number of rotatable bonds is 5. The summed E-state index contributed by atoms with van der Waals surface area (Å²) in [6.45, 7) is 3.67. The van der Waals surface area contributed by atoms with Crippen LogP contribution >= 0.6 is 0 Å². The number of carbonyl (C=O) groups excluding carboxylic acids is 4. The number of nitrogens with zero attached hydrogens (tertiary/aromatic N) is 3. The van der Waals surface area contributed by atoms with Gasteiger partial charge in [0.15, 0.2) is 11.4 Å². The van der Waals surface area contributed by atoms with Gasteiger partial charge in [-0.15, -0.1) is 0 Å². The molecule has 0 saturated heterocycles. The summed E-state index contributed by atoms with van der Waals surface area (Å²) in [6.07, 6.45) is -2.44. The Morgan fingerprint density at radius 1 is 1.11 bits per heavy atom. The van der Waals surface area contributed by atoms with E-state index in [0.717, 1.165) is 10.2 Å². The number of benzene rings is 1. The van der Waals surface area contributed by atoms with Gasteiger partial charge in [0.2, 0.25) is 17.7 Å². The highest BCUT2D eigenvalue weighted by molar-refractivity contribution is 5.97. The summed E-state index contributed by atoms with van der Waals surface area (Å²) < 4.78 is 45.9. The second-order valence-corrected chi connectivity index (χ2v) is 10.9. The van der Waals surface area contributed by atoms with Crippen LogP contribution in [0.25, 0.3) is 0 Å². The first-order chi connectivity index (χ1) is 20.8. The zero-order chi connectivity index (χ0) is 32.0. The summed E-state index contributed by atoms with van der Waals surface area (Å²) in [5, 5.41) is 14.1. The normalized spacial score (nSPS) is 20.5. The summed E-state index contributed by atoms with van der Waals surface area (Å²) in [7, 11) is 1.19. The molecule has 2 aromatic heterocycles. The lowest BCUT2D eigenvalue weighted by atomic mass is 10.00. The van der Waals surface area contributed by atoms with Crippen molar-refractivity contribution in [2.45, 2.75) is 63.8 Å². The van der Waals surface area contributed by atoms with E-state index in [4.69, 9.17) is 4.42 Å². The van der Waals surface area contributed by atoms with E-state index in [0.29, 0.717) is 18.9 Å². The van der Waals surface area contributed by atoms with Crippen LogP contribution in [0.1, 0.15) is 77.3 Å². The molecule has 15 heteroatoms. The van der Waals surface area contributed by atoms with Gasteiger partial charge in [0, 0.05) is 26.1 Å². The van der Waals surface area contributed by atoms with Crippen molar-refractivity contribution in [1.82, 2.24) is 36.0 Å². The van der Waals surface area contributed by atoms with E-state index in [2.05, 4.69) is 31.3 Å². The van der Waals surface area contributed by atoms with E-state index in [-0.39, 0.29) is 31.0 Å². The van der Waals surface area contributed by atoms with Gasteiger partial charge in [-0.3, -0.25) is 23.9 Å². The summed E-state index contributed by atoms with van der Waals surface area (Å²) >= 11 is 0.